The molecule has 0 aromatic carbocycles. The Balaban J connectivity index is 1.49. The topological polar surface area (TPSA) is 83.6 Å². The van der Waals surface area contributed by atoms with Crippen molar-refractivity contribution < 1.29 is 14.0 Å². The third kappa shape index (κ3) is 4.20. The average molecular weight is 345 g/mol. The zero-order valence-electron chi connectivity index (χ0n) is 14.3. The summed E-state index contributed by atoms with van der Waals surface area (Å²) in [5.74, 6) is -0.0512. The third-order valence-corrected chi connectivity index (χ3v) is 4.42. The summed E-state index contributed by atoms with van der Waals surface area (Å²) in [5, 5.41) is 2.96. The van der Waals surface area contributed by atoms with Crippen LogP contribution in [-0.4, -0.2) is 64.0 Å². The summed E-state index contributed by atoms with van der Waals surface area (Å²) in [6.07, 6.45) is 9.04. The lowest BCUT2D eigenvalue weighted by Crippen LogP contribution is -2.43. The van der Waals surface area contributed by atoms with Crippen LogP contribution in [0.1, 0.15) is 29.7 Å². The summed E-state index contributed by atoms with van der Waals surface area (Å²) >= 11 is 0. The lowest BCUT2D eigenvalue weighted by Gasteiger charge is -2.23. The summed E-state index contributed by atoms with van der Waals surface area (Å²) in [5.41, 5.74) is 0.548. The first-order chi connectivity index (χ1) is 12.1. The Hall–Kier alpha value is -2.77. The molecule has 134 valence electrons. The van der Waals surface area contributed by atoms with Gasteiger partial charge in [-0.15, -0.1) is 0 Å². The van der Waals surface area contributed by atoms with Crippen LogP contribution >= 0.6 is 0 Å². The Morgan fingerprint density at radius 2 is 2.08 bits per heavy atom. The van der Waals surface area contributed by atoms with E-state index in [0.717, 1.165) is 6.42 Å². The predicted molar refractivity (Wildman–Crippen MR) is 91.1 cm³/mol. The first kappa shape index (κ1) is 17.1. The number of nitrogens with zero attached hydrogens (tertiary/aromatic N) is 4. The molecular formula is C17H23N5O3. The van der Waals surface area contributed by atoms with E-state index in [9.17, 15) is 9.59 Å². The zero-order chi connectivity index (χ0) is 17.6. The molecule has 1 saturated heterocycles. The van der Waals surface area contributed by atoms with Gasteiger partial charge in [-0.1, -0.05) is 0 Å². The van der Waals surface area contributed by atoms with Crippen molar-refractivity contribution in [3.05, 3.63) is 42.9 Å². The van der Waals surface area contributed by atoms with Gasteiger partial charge in [0, 0.05) is 51.2 Å². The molecule has 1 aliphatic rings. The van der Waals surface area contributed by atoms with Crippen LogP contribution in [0.5, 0.6) is 0 Å². The minimum atomic E-state index is -0.0930. The minimum Gasteiger partial charge on any atom is -0.472 e. The van der Waals surface area contributed by atoms with E-state index in [0.29, 0.717) is 38.3 Å². The van der Waals surface area contributed by atoms with Crippen molar-refractivity contribution in [1.82, 2.24) is 24.7 Å². The Labute approximate surface area is 146 Å². The van der Waals surface area contributed by atoms with E-state index in [4.69, 9.17) is 4.42 Å². The van der Waals surface area contributed by atoms with Crippen molar-refractivity contribution >= 4 is 11.9 Å². The molecule has 8 nitrogen and oxygen atoms in total. The molecule has 2 aromatic rings. The molecule has 0 spiro atoms. The Morgan fingerprint density at radius 3 is 2.80 bits per heavy atom. The average Bonchev–Trinajstić information content (AvgIpc) is 3.29. The molecule has 3 rings (SSSR count). The van der Waals surface area contributed by atoms with E-state index in [2.05, 4.69) is 10.3 Å². The Morgan fingerprint density at radius 1 is 1.28 bits per heavy atom. The molecule has 0 unspecified atom stereocenters. The van der Waals surface area contributed by atoms with Gasteiger partial charge in [-0.2, -0.15) is 0 Å². The second-order valence-corrected chi connectivity index (χ2v) is 6.19. The quantitative estimate of drug-likeness (QED) is 0.912. The highest BCUT2D eigenvalue weighted by Crippen LogP contribution is 2.10. The van der Waals surface area contributed by atoms with E-state index in [1.165, 1.54) is 12.5 Å². The van der Waals surface area contributed by atoms with Gasteiger partial charge in [-0.3, -0.25) is 4.79 Å². The molecule has 1 atom stereocenters. The third-order valence-electron chi connectivity index (χ3n) is 4.42. The van der Waals surface area contributed by atoms with Crippen LogP contribution in [0.25, 0.3) is 0 Å². The number of hydrogen-bond donors (Lipinski definition) is 1. The molecule has 3 heterocycles. The first-order valence-electron chi connectivity index (χ1n) is 8.47. The molecule has 1 N–H and O–H groups in total. The van der Waals surface area contributed by atoms with Crippen molar-refractivity contribution in [3.63, 3.8) is 0 Å². The second kappa shape index (κ2) is 7.87. The largest absolute Gasteiger partial charge is 0.472 e. The minimum absolute atomic E-state index is 0.0512. The van der Waals surface area contributed by atoms with Crippen molar-refractivity contribution in [2.24, 2.45) is 0 Å². The van der Waals surface area contributed by atoms with Crippen molar-refractivity contribution in [2.45, 2.75) is 19.4 Å². The van der Waals surface area contributed by atoms with Gasteiger partial charge in [0.25, 0.3) is 5.91 Å². The number of urea groups is 1. The summed E-state index contributed by atoms with van der Waals surface area (Å²) in [4.78, 5) is 32.3. The molecule has 3 amide bonds. The van der Waals surface area contributed by atoms with Gasteiger partial charge >= 0.3 is 6.03 Å². The standard InChI is InChI=1S/C17H23N5O3/c1-14(22-7-4-18-13-22)11-19-17(24)21-6-2-5-20(8-9-21)16(23)15-3-10-25-12-15/h3-4,7,10,12-14H,2,5-6,8-9,11H2,1H3,(H,19,24)/t14-/m0/s1. The molecular weight excluding hydrogens is 322 g/mol. The number of imidazole rings is 1. The smallest absolute Gasteiger partial charge is 0.317 e. The number of aromatic nitrogens is 2. The van der Waals surface area contributed by atoms with Crippen molar-refractivity contribution in [2.75, 3.05) is 32.7 Å². The number of furan rings is 1. The van der Waals surface area contributed by atoms with Gasteiger partial charge in [0.2, 0.25) is 0 Å². The number of carbonyl (C=O) groups is 2. The molecule has 1 fully saturated rings. The van der Waals surface area contributed by atoms with E-state index < -0.39 is 0 Å². The SMILES string of the molecule is C[C@@H](CNC(=O)N1CCCN(C(=O)c2ccoc2)CC1)n1ccnc1. The lowest BCUT2D eigenvalue weighted by atomic mass is 10.3. The van der Waals surface area contributed by atoms with Crippen LogP contribution in [0.15, 0.2) is 41.7 Å². The molecule has 25 heavy (non-hydrogen) atoms. The molecule has 1 aliphatic heterocycles. The van der Waals surface area contributed by atoms with Gasteiger partial charge in [0.15, 0.2) is 0 Å². The van der Waals surface area contributed by atoms with Gasteiger partial charge in [0.05, 0.1) is 18.2 Å². The van der Waals surface area contributed by atoms with Gasteiger partial charge < -0.3 is 24.1 Å². The normalized spacial score (nSPS) is 16.4. The van der Waals surface area contributed by atoms with Gasteiger partial charge in [0.1, 0.15) is 6.26 Å². The molecule has 2 aromatic heterocycles. The molecule has 0 bridgehead atoms. The summed E-state index contributed by atoms with van der Waals surface area (Å²) in [6, 6.07) is 1.71. The first-order valence-corrected chi connectivity index (χ1v) is 8.47. The van der Waals surface area contributed by atoms with E-state index in [-0.39, 0.29) is 18.0 Å². The molecule has 8 heteroatoms. The highest BCUT2D eigenvalue weighted by Gasteiger charge is 2.23. The maximum Gasteiger partial charge on any atom is 0.317 e. The Bertz CT molecular complexity index is 683. The maximum absolute atomic E-state index is 12.4. The fourth-order valence-corrected chi connectivity index (χ4v) is 2.87. The summed E-state index contributed by atoms with van der Waals surface area (Å²) in [6.45, 7) is 4.88. The fraction of sp³-hybridized carbons (Fsp3) is 0.471. The van der Waals surface area contributed by atoms with E-state index in [1.807, 2.05) is 17.7 Å². The number of hydrogen-bond acceptors (Lipinski definition) is 4. The van der Waals surface area contributed by atoms with Crippen molar-refractivity contribution in [3.8, 4) is 0 Å². The zero-order valence-corrected chi connectivity index (χ0v) is 14.3. The summed E-state index contributed by atoms with van der Waals surface area (Å²) in [7, 11) is 0. The fourth-order valence-electron chi connectivity index (χ4n) is 2.87. The number of nitrogens with one attached hydrogen (secondary N) is 1. The van der Waals surface area contributed by atoms with Crippen LogP contribution in [0.2, 0.25) is 0 Å². The van der Waals surface area contributed by atoms with Crippen LogP contribution in [0.4, 0.5) is 4.79 Å². The number of amides is 3. The lowest BCUT2D eigenvalue weighted by molar-refractivity contribution is 0.0761. The maximum atomic E-state index is 12.4. The van der Waals surface area contributed by atoms with Gasteiger partial charge in [-0.25, -0.2) is 9.78 Å². The van der Waals surface area contributed by atoms with Crippen LogP contribution < -0.4 is 5.32 Å². The highest BCUT2D eigenvalue weighted by atomic mass is 16.3. The van der Waals surface area contributed by atoms with Crippen molar-refractivity contribution in [1.29, 1.82) is 0 Å². The molecule has 0 aliphatic carbocycles. The molecule has 0 saturated carbocycles. The number of carbonyl (C=O) groups excluding carboxylic acids is 2. The van der Waals surface area contributed by atoms with Crippen LogP contribution in [0.3, 0.4) is 0 Å². The van der Waals surface area contributed by atoms with E-state index >= 15 is 0 Å². The highest BCUT2D eigenvalue weighted by molar-refractivity contribution is 5.93. The molecule has 0 radical (unpaired) electrons. The second-order valence-electron chi connectivity index (χ2n) is 6.19. The van der Waals surface area contributed by atoms with E-state index in [1.54, 1.807) is 28.4 Å². The predicted octanol–water partition coefficient (Wildman–Crippen LogP) is 1.59. The van der Waals surface area contributed by atoms with Crippen LogP contribution in [0, 0.1) is 0 Å². The van der Waals surface area contributed by atoms with Gasteiger partial charge in [-0.05, 0) is 19.4 Å². The number of rotatable bonds is 4. The van der Waals surface area contributed by atoms with Crippen LogP contribution in [-0.2, 0) is 0 Å². The monoisotopic (exact) mass is 345 g/mol. The Kier molecular flexibility index (Phi) is 5.37. The summed E-state index contributed by atoms with van der Waals surface area (Å²) < 4.78 is 6.93.